The molecule has 0 radical (unpaired) electrons. The highest BCUT2D eigenvalue weighted by molar-refractivity contribution is 8.14. The number of carbonyl (C=O) groups excluding carboxylic acids is 2. The number of thioether (sulfide) groups is 2. The fraction of sp³-hybridized carbons (Fsp3) is 0.545. The maximum Gasteiger partial charge on any atom is 0.231 e. The summed E-state index contributed by atoms with van der Waals surface area (Å²) < 4.78 is 0. The highest BCUT2D eigenvalue weighted by atomic mass is 32.2. The van der Waals surface area contributed by atoms with E-state index >= 15 is 0 Å². The Hall–Kier alpha value is -0.950. The predicted molar refractivity (Wildman–Crippen MR) is 72.7 cm³/mol. The van der Waals surface area contributed by atoms with Crippen molar-refractivity contribution < 1.29 is 9.59 Å². The highest BCUT2D eigenvalue weighted by Gasteiger charge is 2.26. The van der Waals surface area contributed by atoms with Crippen molar-refractivity contribution in [2.75, 3.05) is 11.5 Å². The fourth-order valence-electron chi connectivity index (χ4n) is 1.59. The van der Waals surface area contributed by atoms with Gasteiger partial charge in [0, 0.05) is 17.6 Å². The molecule has 1 atom stereocenters. The number of aryl methyl sites for hydroxylation is 1. The minimum Gasteiger partial charge on any atom is -0.345 e. The van der Waals surface area contributed by atoms with Crippen molar-refractivity contribution in [2.24, 2.45) is 0 Å². The maximum absolute atomic E-state index is 11.7. The molecule has 1 aromatic heterocycles. The Kier molecular flexibility index (Phi) is 4.71. The third-order valence-corrected chi connectivity index (χ3v) is 4.49. The van der Waals surface area contributed by atoms with Crippen molar-refractivity contribution in [1.82, 2.24) is 15.3 Å². The smallest absolute Gasteiger partial charge is 0.231 e. The van der Waals surface area contributed by atoms with Crippen molar-refractivity contribution in [3.63, 3.8) is 0 Å². The Morgan fingerprint density at radius 1 is 1.72 bits per heavy atom. The van der Waals surface area contributed by atoms with Crippen LogP contribution in [0.1, 0.15) is 19.0 Å². The largest absolute Gasteiger partial charge is 0.345 e. The summed E-state index contributed by atoms with van der Waals surface area (Å²) in [5, 5.41) is 3.56. The number of aromatic amines is 1. The van der Waals surface area contributed by atoms with Crippen LogP contribution in [0, 0.1) is 0 Å². The van der Waals surface area contributed by atoms with Crippen molar-refractivity contribution in [3.8, 4) is 0 Å². The summed E-state index contributed by atoms with van der Waals surface area (Å²) in [5.41, 5.74) is 1.06. The Morgan fingerprint density at radius 3 is 3.17 bits per heavy atom. The molecule has 0 bridgehead atoms. The van der Waals surface area contributed by atoms with Gasteiger partial charge in [0.15, 0.2) is 5.16 Å². The summed E-state index contributed by atoms with van der Waals surface area (Å²) in [6, 6.07) is -0.300. The summed E-state index contributed by atoms with van der Waals surface area (Å²) in [4.78, 5) is 30.3. The second-order valence-corrected chi connectivity index (χ2v) is 6.00. The van der Waals surface area contributed by atoms with Gasteiger partial charge < -0.3 is 10.3 Å². The predicted octanol–water partition coefficient (Wildman–Crippen LogP) is 1.21. The number of imidazole rings is 1. The third-order valence-electron chi connectivity index (χ3n) is 2.60. The first-order chi connectivity index (χ1) is 8.69. The quantitative estimate of drug-likeness (QED) is 0.796. The topological polar surface area (TPSA) is 74.8 Å². The van der Waals surface area contributed by atoms with Crippen molar-refractivity contribution >= 4 is 34.5 Å². The first-order valence-corrected chi connectivity index (χ1v) is 7.79. The molecule has 2 rings (SSSR count). The molecule has 1 unspecified atom stereocenters. The van der Waals surface area contributed by atoms with E-state index < -0.39 is 0 Å². The molecule has 1 fully saturated rings. The van der Waals surface area contributed by atoms with Gasteiger partial charge in [-0.2, -0.15) is 0 Å². The molecule has 0 aromatic carbocycles. The number of rotatable bonds is 5. The van der Waals surface area contributed by atoms with Crippen molar-refractivity contribution in [1.29, 1.82) is 0 Å². The first kappa shape index (κ1) is 13.5. The van der Waals surface area contributed by atoms with Crippen LogP contribution in [0.5, 0.6) is 0 Å². The van der Waals surface area contributed by atoms with Crippen LogP contribution in [0.25, 0.3) is 0 Å². The van der Waals surface area contributed by atoms with E-state index in [-0.39, 0.29) is 22.8 Å². The van der Waals surface area contributed by atoms with E-state index in [4.69, 9.17) is 0 Å². The zero-order valence-electron chi connectivity index (χ0n) is 10.1. The van der Waals surface area contributed by atoms with Gasteiger partial charge in [-0.05, 0) is 12.8 Å². The van der Waals surface area contributed by atoms with Gasteiger partial charge in [0.1, 0.15) is 0 Å². The minimum absolute atomic E-state index is 0.0691. The number of amides is 1. The van der Waals surface area contributed by atoms with E-state index in [2.05, 4.69) is 15.3 Å². The second-order valence-electron chi connectivity index (χ2n) is 3.93. The van der Waals surface area contributed by atoms with E-state index in [1.807, 2.05) is 6.92 Å². The van der Waals surface area contributed by atoms with Gasteiger partial charge in [0.05, 0.1) is 11.8 Å². The van der Waals surface area contributed by atoms with E-state index in [1.165, 1.54) is 23.5 Å². The molecule has 5 nitrogen and oxygen atoms in total. The molecule has 0 saturated carbocycles. The van der Waals surface area contributed by atoms with Crippen molar-refractivity contribution in [3.05, 3.63) is 11.9 Å². The van der Waals surface area contributed by atoms with Crippen LogP contribution in [-0.4, -0.2) is 38.5 Å². The molecule has 0 aliphatic carbocycles. The van der Waals surface area contributed by atoms with Crippen LogP contribution < -0.4 is 5.32 Å². The second kappa shape index (κ2) is 6.29. The van der Waals surface area contributed by atoms with Crippen LogP contribution in [-0.2, 0) is 16.0 Å². The lowest BCUT2D eigenvalue weighted by molar-refractivity contribution is -0.122. The summed E-state index contributed by atoms with van der Waals surface area (Å²) in [7, 11) is 0. The average Bonchev–Trinajstić information content (AvgIpc) is 2.97. The molecule has 98 valence electrons. The third kappa shape index (κ3) is 3.52. The maximum atomic E-state index is 11.7. The molecule has 1 aliphatic rings. The molecular weight excluding hydrogens is 270 g/mol. The van der Waals surface area contributed by atoms with Crippen LogP contribution in [0.3, 0.4) is 0 Å². The number of hydrogen-bond acceptors (Lipinski definition) is 5. The van der Waals surface area contributed by atoms with Crippen molar-refractivity contribution in [2.45, 2.75) is 31.0 Å². The summed E-state index contributed by atoms with van der Waals surface area (Å²) >= 11 is 2.64. The van der Waals surface area contributed by atoms with E-state index in [0.29, 0.717) is 0 Å². The molecular formula is C11H15N3O2S2. The number of nitrogens with one attached hydrogen (secondary N) is 2. The molecule has 1 aliphatic heterocycles. The SMILES string of the molecule is CCc1cnc(SCC(=O)NC2CCSC2=O)[nH]1. The molecule has 0 spiro atoms. The lowest BCUT2D eigenvalue weighted by atomic mass is 10.2. The summed E-state index contributed by atoms with van der Waals surface area (Å²) in [5.74, 6) is 0.968. The molecule has 1 saturated heterocycles. The Labute approximate surface area is 114 Å². The van der Waals surface area contributed by atoms with Gasteiger partial charge in [-0.25, -0.2) is 4.98 Å². The standard InChI is InChI=1S/C11H15N3O2S2/c1-2-7-5-12-11(13-7)18-6-9(15)14-8-3-4-17-10(8)16/h5,8H,2-4,6H2,1H3,(H,12,13)(H,14,15). The number of hydrogen-bond donors (Lipinski definition) is 2. The van der Waals surface area contributed by atoms with E-state index in [1.54, 1.807) is 6.20 Å². The van der Waals surface area contributed by atoms with Gasteiger partial charge in [0.2, 0.25) is 11.0 Å². The van der Waals surface area contributed by atoms with Gasteiger partial charge >= 0.3 is 0 Å². The lowest BCUT2D eigenvalue weighted by Gasteiger charge is -2.08. The number of aromatic nitrogens is 2. The monoisotopic (exact) mass is 285 g/mol. The first-order valence-electron chi connectivity index (χ1n) is 5.81. The highest BCUT2D eigenvalue weighted by Crippen LogP contribution is 2.20. The van der Waals surface area contributed by atoms with Gasteiger partial charge in [-0.3, -0.25) is 9.59 Å². The van der Waals surface area contributed by atoms with Gasteiger partial charge in [-0.1, -0.05) is 30.4 Å². The van der Waals surface area contributed by atoms with Crippen LogP contribution in [0.2, 0.25) is 0 Å². The minimum atomic E-state index is -0.300. The Bertz CT molecular complexity index is 447. The summed E-state index contributed by atoms with van der Waals surface area (Å²) in [6.45, 7) is 2.04. The Morgan fingerprint density at radius 2 is 2.56 bits per heavy atom. The zero-order chi connectivity index (χ0) is 13.0. The molecule has 18 heavy (non-hydrogen) atoms. The number of H-pyrrole nitrogens is 1. The van der Waals surface area contributed by atoms with Gasteiger partial charge in [-0.15, -0.1) is 0 Å². The van der Waals surface area contributed by atoms with Crippen LogP contribution in [0.15, 0.2) is 11.4 Å². The zero-order valence-corrected chi connectivity index (χ0v) is 11.7. The van der Waals surface area contributed by atoms with Gasteiger partial charge in [0.25, 0.3) is 0 Å². The van der Waals surface area contributed by atoms with Crippen LogP contribution >= 0.6 is 23.5 Å². The molecule has 7 heteroatoms. The molecule has 1 amide bonds. The molecule has 2 N–H and O–H groups in total. The van der Waals surface area contributed by atoms with E-state index in [9.17, 15) is 9.59 Å². The fourth-order valence-corrected chi connectivity index (χ4v) is 3.20. The number of carbonyl (C=O) groups is 2. The Balaban J connectivity index is 1.76. The number of nitrogens with zero attached hydrogens (tertiary/aromatic N) is 1. The normalized spacial score (nSPS) is 19.2. The van der Waals surface area contributed by atoms with E-state index in [0.717, 1.165) is 29.4 Å². The summed E-state index contributed by atoms with van der Waals surface area (Å²) in [6.07, 6.45) is 3.41. The van der Waals surface area contributed by atoms with Crippen LogP contribution in [0.4, 0.5) is 0 Å². The average molecular weight is 285 g/mol. The molecule has 2 heterocycles. The molecule has 1 aromatic rings. The lowest BCUT2D eigenvalue weighted by Crippen LogP contribution is -2.38.